The second kappa shape index (κ2) is 6.96. The zero-order valence-electron chi connectivity index (χ0n) is 18.5. The molecule has 34 heavy (non-hydrogen) atoms. The molecule has 0 saturated carbocycles. The molecule has 6 rings (SSSR count). The minimum atomic E-state index is -0.475. The summed E-state index contributed by atoms with van der Waals surface area (Å²) in [7, 11) is 0. The maximum atomic E-state index is 13.5. The molecular formula is C28H18N2O4. The average Bonchev–Trinajstić information content (AvgIpc) is 2.83. The Morgan fingerprint density at radius 3 is 1.03 bits per heavy atom. The van der Waals surface area contributed by atoms with Gasteiger partial charge in [0.25, 0.3) is 23.6 Å². The fraction of sp³-hybridized carbons (Fsp3) is 0.0714. The summed E-state index contributed by atoms with van der Waals surface area (Å²) >= 11 is 0. The lowest BCUT2D eigenvalue weighted by molar-refractivity contribution is 0.0873. The smallest absolute Gasteiger partial charge is 0.265 e. The normalized spacial score (nSPS) is 14.9. The highest BCUT2D eigenvalue weighted by atomic mass is 16.2. The Morgan fingerprint density at radius 1 is 0.441 bits per heavy atom. The third kappa shape index (κ3) is 2.50. The van der Waals surface area contributed by atoms with E-state index in [9.17, 15) is 19.2 Å². The van der Waals surface area contributed by atoms with Gasteiger partial charge in [-0.05, 0) is 61.4 Å². The van der Waals surface area contributed by atoms with Crippen LogP contribution in [0.2, 0.25) is 0 Å². The van der Waals surface area contributed by atoms with Gasteiger partial charge in [0.2, 0.25) is 0 Å². The van der Waals surface area contributed by atoms with Gasteiger partial charge in [-0.15, -0.1) is 0 Å². The largest absolute Gasteiger partial charge is 0.268 e. The molecule has 0 aromatic heterocycles. The Balaban J connectivity index is 1.59. The van der Waals surface area contributed by atoms with Gasteiger partial charge < -0.3 is 0 Å². The van der Waals surface area contributed by atoms with Gasteiger partial charge >= 0.3 is 0 Å². The van der Waals surface area contributed by atoms with Crippen LogP contribution in [0.3, 0.4) is 0 Å². The third-order valence-corrected chi connectivity index (χ3v) is 6.61. The van der Waals surface area contributed by atoms with E-state index in [4.69, 9.17) is 0 Å². The van der Waals surface area contributed by atoms with Crippen LogP contribution in [0.15, 0.2) is 72.8 Å². The Kier molecular flexibility index (Phi) is 4.10. The number of aryl methyl sites for hydroxylation is 2. The Hall–Kier alpha value is -4.58. The van der Waals surface area contributed by atoms with Crippen molar-refractivity contribution < 1.29 is 19.2 Å². The summed E-state index contributed by atoms with van der Waals surface area (Å²) in [5, 5.41) is 0.724. The monoisotopic (exact) mass is 446 g/mol. The minimum Gasteiger partial charge on any atom is -0.268 e. The van der Waals surface area contributed by atoms with Crippen molar-refractivity contribution in [3.8, 4) is 0 Å². The van der Waals surface area contributed by atoms with Crippen LogP contribution >= 0.6 is 0 Å². The number of hydrogen-bond donors (Lipinski definition) is 0. The lowest BCUT2D eigenvalue weighted by Crippen LogP contribution is -2.43. The highest BCUT2D eigenvalue weighted by molar-refractivity contribution is 6.42. The predicted molar refractivity (Wildman–Crippen MR) is 129 cm³/mol. The summed E-state index contributed by atoms with van der Waals surface area (Å²) in [6, 6.07) is 20.7. The molecule has 2 aliphatic heterocycles. The van der Waals surface area contributed by atoms with Crippen molar-refractivity contribution in [3.05, 3.63) is 106 Å². The van der Waals surface area contributed by atoms with Crippen LogP contribution in [0.1, 0.15) is 52.6 Å². The van der Waals surface area contributed by atoms with Crippen molar-refractivity contribution in [3.63, 3.8) is 0 Å². The van der Waals surface area contributed by atoms with Gasteiger partial charge in [-0.3, -0.25) is 19.2 Å². The molecule has 4 aromatic carbocycles. The van der Waals surface area contributed by atoms with Crippen molar-refractivity contribution in [1.29, 1.82) is 0 Å². The molecule has 0 fully saturated rings. The number of benzene rings is 4. The fourth-order valence-corrected chi connectivity index (χ4v) is 4.94. The molecule has 2 aliphatic rings. The van der Waals surface area contributed by atoms with Crippen molar-refractivity contribution in [2.24, 2.45) is 0 Å². The van der Waals surface area contributed by atoms with Gasteiger partial charge in [0.15, 0.2) is 0 Å². The van der Waals surface area contributed by atoms with Crippen LogP contribution in [-0.4, -0.2) is 23.6 Å². The Labute approximate surface area is 195 Å². The lowest BCUT2D eigenvalue weighted by Gasteiger charge is -2.32. The molecule has 4 amide bonds. The molecule has 0 saturated heterocycles. The van der Waals surface area contributed by atoms with Crippen molar-refractivity contribution in [1.82, 2.24) is 0 Å². The first-order valence-corrected chi connectivity index (χ1v) is 10.9. The first kappa shape index (κ1) is 20.1. The van der Waals surface area contributed by atoms with Crippen LogP contribution in [0.5, 0.6) is 0 Å². The predicted octanol–water partition coefficient (Wildman–Crippen LogP) is 5.06. The van der Waals surface area contributed by atoms with Crippen LogP contribution in [0.4, 0.5) is 11.4 Å². The molecule has 6 nitrogen and oxygen atoms in total. The summed E-state index contributed by atoms with van der Waals surface area (Å²) < 4.78 is 0. The van der Waals surface area contributed by atoms with Crippen molar-refractivity contribution >= 4 is 45.8 Å². The highest BCUT2D eigenvalue weighted by Crippen LogP contribution is 2.40. The fourth-order valence-electron chi connectivity index (χ4n) is 4.94. The van der Waals surface area contributed by atoms with Gasteiger partial charge in [-0.1, -0.05) is 36.4 Å². The van der Waals surface area contributed by atoms with Gasteiger partial charge in [0.05, 0.1) is 11.4 Å². The van der Waals surface area contributed by atoms with E-state index in [1.165, 1.54) is 9.80 Å². The molecule has 0 spiro atoms. The molecule has 0 N–H and O–H groups in total. The van der Waals surface area contributed by atoms with E-state index in [1.807, 2.05) is 38.1 Å². The summed E-state index contributed by atoms with van der Waals surface area (Å²) in [5.41, 5.74) is 3.78. The van der Waals surface area contributed by atoms with E-state index in [2.05, 4.69) is 0 Å². The van der Waals surface area contributed by atoms with Crippen LogP contribution in [0.25, 0.3) is 10.8 Å². The number of anilines is 2. The quantitative estimate of drug-likeness (QED) is 0.404. The number of nitrogens with zero attached hydrogens (tertiary/aromatic N) is 2. The molecule has 6 heteroatoms. The molecule has 0 radical (unpaired) electrons. The van der Waals surface area contributed by atoms with E-state index in [0.717, 1.165) is 11.1 Å². The zero-order valence-corrected chi connectivity index (χ0v) is 18.5. The van der Waals surface area contributed by atoms with Crippen LogP contribution in [0, 0.1) is 13.8 Å². The summed E-state index contributed by atoms with van der Waals surface area (Å²) in [6.07, 6.45) is 0. The van der Waals surface area contributed by atoms with Crippen molar-refractivity contribution in [2.45, 2.75) is 13.8 Å². The molecule has 0 bridgehead atoms. The number of amides is 4. The number of hydrogen-bond acceptors (Lipinski definition) is 4. The SMILES string of the molecule is Cc1ccccc1N1C(=O)c2ccc3c4c(ccc(c24)C1=O)C(=O)N(c1ccccc1C)C3=O. The van der Waals surface area contributed by atoms with E-state index in [0.29, 0.717) is 44.4 Å². The summed E-state index contributed by atoms with van der Waals surface area (Å²) in [6.45, 7) is 3.67. The summed E-state index contributed by atoms with van der Waals surface area (Å²) in [4.78, 5) is 56.4. The number of imide groups is 2. The molecule has 0 atom stereocenters. The highest BCUT2D eigenvalue weighted by Gasteiger charge is 2.41. The molecule has 0 unspecified atom stereocenters. The maximum Gasteiger partial charge on any atom is 0.265 e. The van der Waals surface area contributed by atoms with Crippen LogP contribution < -0.4 is 9.80 Å². The minimum absolute atomic E-state index is 0.295. The standard InChI is InChI=1S/C28H18N2O4/c1-15-7-3-5-9-21(15)29-25(31)17-11-13-19-24-20(14-12-18(23(17)24)26(29)32)28(34)30(27(19)33)22-10-6-4-8-16(22)2/h3-14H,1-2H3. The average molecular weight is 446 g/mol. The first-order chi connectivity index (χ1) is 16.4. The third-order valence-electron chi connectivity index (χ3n) is 6.61. The van der Waals surface area contributed by atoms with Gasteiger partial charge in [0, 0.05) is 33.0 Å². The molecular weight excluding hydrogens is 428 g/mol. The topological polar surface area (TPSA) is 74.8 Å². The second-order valence-corrected chi connectivity index (χ2v) is 8.54. The number of para-hydroxylation sites is 2. The van der Waals surface area contributed by atoms with E-state index in [-0.39, 0.29) is 0 Å². The molecule has 164 valence electrons. The van der Waals surface area contributed by atoms with E-state index in [1.54, 1.807) is 48.5 Å². The first-order valence-electron chi connectivity index (χ1n) is 10.9. The van der Waals surface area contributed by atoms with Gasteiger partial charge in [-0.25, -0.2) is 9.80 Å². The zero-order chi connectivity index (χ0) is 23.7. The Morgan fingerprint density at radius 2 is 0.735 bits per heavy atom. The lowest BCUT2D eigenvalue weighted by atomic mass is 9.85. The summed E-state index contributed by atoms with van der Waals surface area (Å²) in [5.74, 6) is -1.90. The molecule has 0 aliphatic carbocycles. The van der Waals surface area contributed by atoms with Gasteiger partial charge in [-0.2, -0.15) is 0 Å². The van der Waals surface area contributed by atoms with E-state index < -0.39 is 23.6 Å². The maximum absolute atomic E-state index is 13.5. The number of carbonyl (C=O) groups is 4. The van der Waals surface area contributed by atoms with Gasteiger partial charge in [0.1, 0.15) is 0 Å². The molecule has 4 aromatic rings. The number of carbonyl (C=O) groups excluding carboxylic acids is 4. The van der Waals surface area contributed by atoms with Crippen molar-refractivity contribution in [2.75, 3.05) is 9.80 Å². The van der Waals surface area contributed by atoms with E-state index >= 15 is 0 Å². The molecule has 2 heterocycles. The second-order valence-electron chi connectivity index (χ2n) is 8.54. The Bertz CT molecular complexity index is 1430. The number of rotatable bonds is 2. The van der Waals surface area contributed by atoms with Crippen LogP contribution in [-0.2, 0) is 0 Å².